The summed E-state index contributed by atoms with van der Waals surface area (Å²) < 4.78 is 1.64. The van der Waals surface area contributed by atoms with Gasteiger partial charge in [-0.1, -0.05) is 37.0 Å². The van der Waals surface area contributed by atoms with E-state index in [1.54, 1.807) is 4.57 Å². The fourth-order valence-electron chi connectivity index (χ4n) is 2.46. The molecule has 3 atom stereocenters. The summed E-state index contributed by atoms with van der Waals surface area (Å²) in [4.78, 5) is 15.9. The fourth-order valence-corrected chi connectivity index (χ4v) is 2.73. The van der Waals surface area contributed by atoms with E-state index < -0.39 is 0 Å². The zero-order valence-corrected chi connectivity index (χ0v) is 11.5. The molecule has 0 N–H and O–H groups in total. The first kappa shape index (κ1) is 12.9. The summed E-state index contributed by atoms with van der Waals surface area (Å²) in [5.41, 5.74) is -0.224. The molecule has 5 heteroatoms. The molecule has 0 radical (unpaired) electrons. The van der Waals surface area contributed by atoms with E-state index in [0.717, 1.165) is 25.2 Å². The van der Waals surface area contributed by atoms with Crippen LogP contribution in [0.5, 0.6) is 0 Å². The number of hydrogen-bond acceptors (Lipinski definition) is 2. The third kappa shape index (κ3) is 2.50. The molecule has 0 spiro atoms. The number of nitrogens with zero attached hydrogens (tertiary/aromatic N) is 2. The van der Waals surface area contributed by atoms with Crippen LogP contribution in [0.2, 0.25) is 10.2 Å². The number of rotatable bonds is 1. The van der Waals surface area contributed by atoms with Gasteiger partial charge in [0.15, 0.2) is 5.15 Å². The third-order valence-corrected chi connectivity index (χ3v) is 4.59. The molecule has 3 unspecified atom stereocenters. The maximum Gasteiger partial charge on any atom is 0.273 e. The summed E-state index contributed by atoms with van der Waals surface area (Å²) in [6.45, 7) is 4.49. The van der Waals surface area contributed by atoms with Gasteiger partial charge in [0.25, 0.3) is 5.56 Å². The molecule has 1 fully saturated rings. The van der Waals surface area contributed by atoms with E-state index in [4.69, 9.17) is 23.2 Å². The van der Waals surface area contributed by atoms with E-state index in [-0.39, 0.29) is 21.8 Å². The molecule has 1 aliphatic carbocycles. The van der Waals surface area contributed by atoms with Gasteiger partial charge in [0.1, 0.15) is 5.02 Å². The summed E-state index contributed by atoms with van der Waals surface area (Å²) in [5, 5.41) is 0.116. The second-order valence-corrected chi connectivity index (χ2v) is 5.72. The van der Waals surface area contributed by atoms with Crippen molar-refractivity contribution in [2.75, 3.05) is 0 Å². The summed E-state index contributed by atoms with van der Waals surface area (Å²) in [6.07, 6.45) is 4.66. The molecule has 0 amide bonds. The van der Waals surface area contributed by atoms with E-state index in [1.807, 2.05) is 0 Å². The molecule has 1 aliphatic rings. The Morgan fingerprint density at radius 1 is 1.29 bits per heavy atom. The normalized spacial score (nSPS) is 29.3. The molecule has 1 aromatic heterocycles. The predicted octanol–water partition coefficient (Wildman–Crippen LogP) is 3.55. The van der Waals surface area contributed by atoms with Crippen molar-refractivity contribution in [1.82, 2.24) is 9.55 Å². The molecular formula is C12H16Cl2N2O. The predicted molar refractivity (Wildman–Crippen MR) is 69.7 cm³/mol. The van der Waals surface area contributed by atoms with Crippen molar-refractivity contribution >= 4 is 23.2 Å². The second-order valence-electron chi connectivity index (χ2n) is 4.98. The van der Waals surface area contributed by atoms with Gasteiger partial charge < -0.3 is 0 Å². The Labute approximate surface area is 111 Å². The van der Waals surface area contributed by atoms with Crippen molar-refractivity contribution in [3.8, 4) is 0 Å². The van der Waals surface area contributed by atoms with Crippen molar-refractivity contribution in [3.05, 3.63) is 26.9 Å². The average Bonchev–Trinajstić information content (AvgIpc) is 2.30. The Bertz CT molecular complexity index is 472. The van der Waals surface area contributed by atoms with Crippen LogP contribution in [-0.4, -0.2) is 9.55 Å². The number of halogens is 2. The number of hydrogen-bond donors (Lipinski definition) is 0. The fraction of sp³-hybridized carbons (Fsp3) is 0.667. The molecule has 1 saturated carbocycles. The topological polar surface area (TPSA) is 34.9 Å². The van der Waals surface area contributed by atoms with Crippen molar-refractivity contribution < 1.29 is 0 Å². The van der Waals surface area contributed by atoms with Crippen LogP contribution in [0.4, 0.5) is 0 Å². The van der Waals surface area contributed by atoms with Gasteiger partial charge in [0.05, 0.1) is 6.33 Å². The molecule has 1 aromatic rings. The van der Waals surface area contributed by atoms with Crippen LogP contribution < -0.4 is 5.56 Å². The van der Waals surface area contributed by atoms with Gasteiger partial charge >= 0.3 is 0 Å². The van der Waals surface area contributed by atoms with E-state index in [9.17, 15) is 4.79 Å². The molecule has 0 aromatic carbocycles. The third-order valence-electron chi connectivity index (χ3n) is 3.86. The Hall–Kier alpha value is -0.540. The SMILES string of the molecule is CC1CCC(n2cnc(Cl)c(Cl)c2=O)CC1C. The minimum absolute atomic E-state index is 0.0282. The molecule has 0 aliphatic heterocycles. The van der Waals surface area contributed by atoms with Crippen molar-refractivity contribution in [1.29, 1.82) is 0 Å². The quantitative estimate of drug-likeness (QED) is 0.735. The van der Waals surface area contributed by atoms with Crippen LogP contribution in [0.1, 0.15) is 39.2 Å². The lowest BCUT2D eigenvalue weighted by atomic mass is 9.79. The maximum absolute atomic E-state index is 12.0. The van der Waals surface area contributed by atoms with Gasteiger partial charge in [-0.05, 0) is 31.1 Å². The molecule has 2 rings (SSSR count). The van der Waals surface area contributed by atoms with Crippen molar-refractivity contribution in [2.45, 2.75) is 39.2 Å². The Kier molecular flexibility index (Phi) is 3.79. The first-order chi connectivity index (χ1) is 8.00. The van der Waals surface area contributed by atoms with Gasteiger partial charge in [-0.25, -0.2) is 4.98 Å². The van der Waals surface area contributed by atoms with Gasteiger partial charge in [0, 0.05) is 6.04 Å². The second kappa shape index (κ2) is 4.99. The van der Waals surface area contributed by atoms with Gasteiger partial charge in [-0.3, -0.25) is 9.36 Å². The summed E-state index contributed by atoms with van der Waals surface area (Å²) in [5.74, 6) is 1.34. The average molecular weight is 275 g/mol. The molecule has 1 heterocycles. The molecule has 17 heavy (non-hydrogen) atoms. The van der Waals surface area contributed by atoms with E-state index >= 15 is 0 Å². The van der Waals surface area contributed by atoms with Crippen LogP contribution in [0.3, 0.4) is 0 Å². The van der Waals surface area contributed by atoms with Crippen LogP contribution in [0, 0.1) is 11.8 Å². The van der Waals surface area contributed by atoms with Gasteiger partial charge in [0.2, 0.25) is 0 Å². The Morgan fingerprint density at radius 3 is 2.65 bits per heavy atom. The monoisotopic (exact) mass is 274 g/mol. The van der Waals surface area contributed by atoms with E-state index in [0.29, 0.717) is 5.92 Å². The zero-order chi connectivity index (χ0) is 12.6. The first-order valence-electron chi connectivity index (χ1n) is 5.92. The molecule has 94 valence electrons. The molecule has 0 saturated heterocycles. The lowest BCUT2D eigenvalue weighted by Gasteiger charge is -2.32. The van der Waals surface area contributed by atoms with Crippen molar-refractivity contribution in [2.24, 2.45) is 11.8 Å². The van der Waals surface area contributed by atoms with Crippen molar-refractivity contribution in [3.63, 3.8) is 0 Å². The maximum atomic E-state index is 12.0. The van der Waals surface area contributed by atoms with Gasteiger partial charge in [-0.15, -0.1) is 0 Å². The Morgan fingerprint density at radius 2 is 2.00 bits per heavy atom. The van der Waals surface area contributed by atoms with Crippen LogP contribution >= 0.6 is 23.2 Å². The molecule has 3 nitrogen and oxygen atoms in total. The molecular weight excluding hydrogens is 259 g/mol. The standard InChI is InChI=1S/C12H16Cl2N2O/c1-7-3-4-9(5-8(7)2)16-6-15-11(14)10(13)12(16)17/h6-9H,3-5H2,1-2H3. The lowest BCUT2D eigenvalue weighted by molar-refractivity contribution is 0.207. The van der Waals surface area contributed by atoms with Gasteiger partial charge in [-0.2, -0.15) is 0 Å². The van der Waals surface area contributed by atoms with Crippen LogP contribution in [0.25, 0.3) is 0 Å². The minimum atomic E-state index is -0.224. The lowest BCUT2D eigenvalue weighted by Crippen LogP contribution is -2.31. The summed E-state index contributed by atoms with van der Waals surface area (Å²) >= 11 is 11.6. The highest BCUT2D eigenvalue weighted by Crippen LogP contribution is 2.35. The smallest absolute Gasteiger partial charge is 0.273 e. The Balaban J connectivity index is 2.30. The van der Waals surface area contributed by atoms with Crippen LogP contribution in [-0.2, 0) is 0 Å². The zero-order valence-electron chi connectivity index (χ0n) is 9.99. The summed E-state index contributed by atoms with van der Waals surface area (Å²) in [7, 11) is 0. The number of aromatic nitrogens is 2. The van der Waals surface area contributed by atoms with Crippen LogP contribution in [0.15, 0.2) is 11.1 Å². The highest BCUT2D eigenvalue weighted by Gasteiger charge is 2.26. The first-order valence-corrected chi connectivity index (χ1v) is 6.68. The van der Waals surface area contributed by atoms with E-state index in [1.165, 1.54) is 6.33 Å². The largest absolute Gasteiger partial charge is 0.295 e. The van der Waals surface area contributed by atoms with E-state index in [2.05, 4.69) is 18.8 Å². The highest BCUT2D eigenvalue weighted by atomic mass is 35.5. The summed E-state index contributed by atoms with van der Waals surface area (Å²) in [6, 6.07) is 0.205. The molecule has 0 bridgehead atoms. The highest BCUT2D eigenvalue weighted by molar-refractivity contribution is 6.40. The minimum Gasteiger partial charge on any atom is -0.295 e.